The average molecular weight is 520 g/mol. The zero-order valence-electron chi connectivity index (χ0n) is 21.1. The number of aromatic nitrogens is 1. The number of fused-ring (bicyclic) bond motifs is 4. The molecule has 0 fully saturated rings. The van der Waals surface area contributed by atoms with Crippen molar-refractivity contribution in [3.8, 4) is 10.6 Å². The summed E-state index contributed by atoms with van der Waals surface area (Å²) in [6, 6.07) is 43.6. The van der Waals surface area contributed by atoms with Gasteiger partial charge in [-0.05, 0) is 27.8 Å². The third-order valence-corrected chi connectivity index (χ3v) is 8.46. The van der Waals surface area contributed by atoms with Crippen molar-refractivity contribution in [2.75, 3.05) is 0 Å². The molecule has 0 radical (unpaired) electrons. The summed E-state index contributed by atoms with van der Waals surface area (Å²) in [5.74, 6) is 0. The summed E-state index contributed by atoms with van der Waals surface area (Å²) in [6.45, 7) is 0. The molecule has 186 valence electrons. The maximum absolute atomic E-state index is 6.82. The molecule has 0 aliphatic carbocycles. The van der Waals surface area contributed by atoms with Gasteiger partial charge in [0.15, 0.2) is 0 Å². The molecule has 0 atom stereocenters. The van der Waals surface area contributed by atoms with Crippen molar-refractivity contribution in [1.29, 1.82) is 0 Å². The standard InChI is InChI=1S/C35H25N3S/c36-32(29-13-5-6-14-30(29)33(37)28-15-7-10-22-8-1-3-11-26(22)28)24-16-18-25(19-17-24)35-38-31-21-20-23-9-2-4-12-27(23)34(31)39-35/h1-21H,36-37H2/b32-29-,33-30-. The molecule has 7 rings (SSSR count). The molecule has 0 unspecified atom stereocenters. The molecule has 0 bridgehead atoms. The first kappa shape index (κ1) is 23.2. The van der Waals surface area contributed by atoms with Gasteiger partial charge >= 0.3 is 0 Å². The van der Waals surface area contributed by atoms with Gasteiger partial charge in [0.25, 0.3) is 0 Å². The zero-order valence-corrected chi connectivity index (χ0v) is 22.0. The van der Waals surface area contributed by atoms with Gasteiger partial charge in [-0.3, -0.25) is 0 Å². The van der Waals surface area contributed by atoms with Crippen molar-refractivity contribution in [2.24, 2.45) is 11.5 Å². The van der Waals surface area contributed by atoms with Crippen molar-refractivity contribution >= 4 is 54.5 Å². The van der Waals surface area contributed by atoms with E-state index in [1.807, 2.05) is 42.5 Å². The van der Waals surface area contributed by atoms with Gasteiger partial charge in [0.05, 0.1) is 10.2 Å². The number of hydrogen-bond acceptors (Lipinski definition) is 4. The topological polar surface area (TPSA) is 64.9 Å². The first-order valence-corrected chi connectivity index (χ1v) is 13.7. The Labute approximate surface area is 230 Å². The van der Waals surface area contributed by atoms with Gasteiger partial charge in [0, 0.05) is 38.3 Å². The Bertz CT molecular complexity index is 2130. The normalized spacial score (nSPS) is 13.1. The smallest absolute Gasteiger partial charge is 0.124 e. The SMILES string of the molecule is N/C(c1ccc(-c2nc3ccc4ccccc4c3s2)cc1)=c1/cccc/c1=C(/N)c1cccc2ccccc12. The maximum atomic E-state index is 6.82. The monoisotopic (exact) mass is 519 g/mol. The molecule has 1 aromatic heterocycles. The van der Waals surface area contributed by atoms with Gasteiger partial charge in [-0.25, -0.2) is 4.98 Å². The molecular weight excluding hydrogens is 494 g/mol. The number of hydrogen-bond donors (Lipinski definition) is 2. The minimum Gasteiger partial charge on any atom is -0.398 e. The Hall–Kier alpha value is -4.93. The van der Waals surface area contributed by atoms with Crippen LogP contribution in [0.1, 0.15) is 11.1 Å². The minimum absolute atomic E-state index is 0.690. The highest BCUT2D eigenvalue weighted by Crippen LogP contribution is 2.35. The van der Waals surface area contributed by atoms with Crippen LogP contribution in [0.25, 0.3) is 53.7 Å². The summed E-state index contributed by atoms with van der Waals surface area (Å²) < 4.78 is 1.21. The molecule has 6 aromatic carbocycles. The van der Waals surface area contributed by atoms with E-state index in [4.69, 9.17) is 16.5 Å². The van der Waals surface area contributed by atoms with Gasteiger partial charge in [-0.15, -0.1) is 11.3 Å². The Morgan fingerprint density at radius 2 is 1.15 bits per heavy atom. The molecule has 1 heterocycles. The van der Waals surface area contributed by atoms with E-state index < -0.39 is 0 Å². The average Bonchev–Trinajstić information content (AvgIpc) is 3.45. The molecule has 0 amide bonds. The van der Waals surface area contributed by atoms with E-state index in [2.05, 4.69) is 84.9 Å². The summed E-state index contributed by atoms with van der Waals surface area (Å²) >= 11 is 1.73. The number of benzene rings is 6. The second-order valence-corrected chi connectivity index (χ2v) is 10.6. The van der Waals surface area contributed by atoms with Crippen LogP contribution in [0.5, 0.6) is 0 Å². The Balaban J connectivity index is 1.34. The van der Waals surface area contributed by atoms with Crippen molar-refractivity contribution < 1.29 is 0 Å². The molecule has 0 aliphatic rings. The first-order valence-electron chi connectivity index (χ1n) is 12.9. The van der Waals surface area contributed by atoms with Crippen LogP contribution < -0.4 is 21.9 Å². The predicted molar refractivity (Wildman–Crippen MR) is 166 cm³/mol. The van der Waals surface area contributed by atoms with Crippen LogP contribution in [-0.2, 0) is 0 Å². The van der Waals surface area contributed by atoms with E-state index >= 15 is 0 Å². The highest BCUT2D eigenvalue weighted by atomic mass is 32.1. The highest BCUT2D eigenvalue weighted by molar-refractivity contribution is 7.22. The van der Waals surface area contributed by atoms with Crippen molar-refractivity contribution in [2.45, 2.75) is 0 Å². The summed E-state index contributed by atoms with van der Waals surface area (Å²) in [5.41, 5.74) is 19.1. The third kappa shape index (κ3) is 4.02. The van der Waals surface area contributed by atoms with Crippen LogP contribution in [0.3, 0.4) is 0 Å². The van der Waals surface area contributed by atoms with Gasteiger partial charge in [0.1, 0.15) is 5.01 Å². The fourth-order valence-corrected chi connectivity index (χ4v) is 6.39. The van der Waals surface area contributed by atoms with Crippen molar-refractivity contribution in [1.82, 2.24) is 4.98 Å². The third-order valence-electron chi connectivity index (χ3n) is 7.31. The second kappa shape index (κ2) is 9.43. The van der Waals surface area contributed by atoms with Gasteiger partial charge in [-0.1, -0.05) is 121 Å². The number of thiazole rings is 1. The van der Waals surface area contributed by atoms with Crippen LogP contribution in [-0.4, -0.2) is 4.98 Å². The molecule has 39 heavy (non-hydrogen) atoms. The molecule has 4 N–H and O–H groups in total. The lowest BCUT2D eigenvalue weighted by Gasteiger charge is -2.09. The van der Waals surface area contributed by atoms with Crippen LogP contribution in [0.4, 0.5) is 0 Å². The fraction of sp³-hybridized carbons (Fsp3) is 0. The van der Waals surface area contributed by atoms with Gasteiger partial charge in [0.2, 0.25) is 0 Å². The van der Waals surface area contributed by atoms with E-state index in [1.54, 1.807) is 11.3 Å². The fourth-order valence-electron chi connectivity index (χ4n) is 5.29. The summed E-state index contributed by atoms with van der Waals surface area (Å²) in [5, 5.41) is 7.60. The maximum Gasteiger partial charge on any atom is 0.124 e. The summed E-state index contributed by atoms with van der Waals surface area (Å²) in [7, 11) is 0. The van der Waals surface area contributed by atoms with E-state index in [1.165, 1.54) is 15.5 Å². The Kier molecular flexibility index (Phi) is 5.61. The lowest BCUT2D eigenvalue weighted by Crippen LogP contribution is -2.34. The molecule has 0 spiro atoms. The number of nitrogens with zero attached hydrogens (tertiary/aromatic N) is 1. The number of nitrogens with two attached hydrogens (primary N) is 2. The largest absolute Gasteiger partial charge is 0.398 e. The highest BCUT2D eigenvalue weighted by Gasteiger charge is 2.11. The lowest BCUT2D eigenvalue weighted by atomic mass is 9.99. The quantitative estimate of drug-likeness (QED) is 0.280. The first-order chi connectivity index (χ1) is 19.2. The molecule has 0 saturated carbocycles. The van der Waals surface area contributed by atoms with Crippen molar-refractivity contribution in [3.05, 3.63) is 149 Å². The van der Waals surface area contributed by atoms with E-state index in [0.29, 0.717) is 11.4 Å². The van der Waals surface area contributed by atoms with Crippen molar-refractivity contribution in [3.63, 3.8) is 0 Å². The van der Waals surface area contributed by atoms with Crippen LogP contribution in [0, 0.1) is 0 Å². The molecular formula is C35H25N3S. The molecule has 0 saturated heterocycles. The lowest BCUT2D eigenvalue weighted by molar-refractivity contribution is 1.37. The zero-order chi connectivity index (χ0) is 26.3. The Morgan fingerprint density at radius 1 is 0.538 bits per heavy atom. The molecule has 3 nitrogen and oxygen atoms in total. The van der Waals surface area contributed by atoms with Gasteiger partial charge < -0.3 is 11.5 Å². The van der Waals surface area contributed by atoms with Gasteiger partial charge in [-0.2, -0.15) is 0 Å². The predicted octanol–water partition coefficient (Wildman–Crippen LogP) is 6.50. The molecule has 7 aromatic rings. The van der Waals surface area contributed by atoms with Crippen LogP contribution >= 0.6 is 11.3 Å². The van der Waals surface area contributed by atoms with Crippen LogP contribution in [0.15, 0.2) is 127 Å². The Morgan fingerprint density at radius 3 is 1.92 bits per heavy atom. The van der Waals surface area contributed by atoms with E-state index in [-0.39, 0.29) is 0 Å². The minimum atomic E-state index is 0.690. The summed E-state index contributed by atoms with van der Waals surface area (Å²) in [6.07, 6.45) is 0. The molecule has 4 heteroatoms. The van der Waals surface area contributed by atoms with E-state index in [0.717, 1.165) is 48.4 Å². The summed E-state index contributed by atoms with van der Waals surface area (Å²) in [4.78, 5) is 4.92. The van der Waals surface area contributed by atoms with E-state index in [9.17, 15) is 0 Å². The second-order valence-electron chi connectivity index (χ2n) is 9.63. The molecule has 0 aliphatic heterocycles. The van der Waals surface area contributed by atoms with Crippen LogP contribution in [0.2, 0.25) is 0 Å². The number of rotatable bonds is 3.